The quantitative estimate of drug-likeness (QED) is 0.243. The van der Waals surface area contributed by atoms with E-state index < -0.39 is 0 Å². The third-order valence-electron chi connectivity index (χ3n) is 3.60. The maximum Gasteiger partial charge on any atom is 0.159 e. The molecule has 4 rings (SSSR count). The van der Waals surface area contributed by atoms with E-state index in [4.69, 9.17) is 0 Å². The largest absolute Gasteiger partial charge is 0.295 e. The molecule has 0 N–H and O–H groups in total. The standard InChI is InChI=1S/C12H8N2.C8H7BrO.Eu/c1-3-9-5-6-11-10(4-2-7-13-11)12(9)14-8-1;1-6(10)7-2-4-8(9)5-3-7;/h1-8H;2-5H,1H3;. The van der Waals surface area contributed by atoms with Crippen molar-refractivity contribution in [3.8, 4) is 0 Å². The molecule has 1 radical (unpaired) electrons. The molecule has 0 fully saturated rings. The molecule has 2 aromatic heterocycles. The summed E-state index contributed by atoms with van der Waals surface area (Å²) in [6.45, 7) is 1.56. The van der Waals surface area contributed by atoms with E-state index in [0.717, 1.165) is 31.8 Å². The monoisotopic (exact) mass is 531 g/mol. The number of halogens is 1. The van der Waals surface area contributed by atoms with Crippen molar-refractivity contribution in [3.05, 3.63) is 83.1 Å². The Morgan fingerprint density at radius 1 is 0.880 bits per heavy atom. The minimum atomic E-state index is 0. The Morgan fingerprint density at radius 2 is 1.56 bits per heavy atom. The van der Waals surface area contributed by atoms with E-state index in [1.54, 1.807) is 25.3 Å². The first-order valence-corrected chi connectivity index (χ1v) is 8.29. The fourth-order valence-electron chi connectivity index (χ4n) is 2.38. The number of rotatable bonds is 1. The van der Waals surface area contributed by atoms with Gasteiger partial charge in [-0.25, -0.2) is 0 Å². The summed E-state index contributed by atoms with van der Waals surface area (Å²) in [6, 6.07) is 19.4. The number of Topliss-reactive ketones (excluding diaryl/α,β-unsaturated/α-hetero) is 1. The Bertz CT molecular complexity index is 948. The number of hydrogen-bond donors (Lipinski definition) is 0. The number of carbonyl (C=O) groups is 1. The van der Waals surface area contributed by atoms with Crippen molar-refractivity contribution in [2.45, 2.75) is 6.92 Å². The average Bonchev–Trinajstić information content (AvgIpc) is 2.62. The van der Waals surface area contributed by atoms with E-state index in [-0.39, 0.29) is 55.2 Å². The van der Waals surface area contributed by atoms with Crippen molar-refractivity contribution in [3.63, 3.8) is 0 Å². The molecule has 0 amide bonds. The summed E-state index contributed by atoms with van der Waals surface area (Å²) < 4.78 is 0.998. The van der Waals surface area contributed by atoms with Gasteiger partial charge in [-0.1, -0.05) is 40.2 Å². The molecule has 0 saturated heterocycles. The van der Waals surface area contributed by atoms with E-state index in [1.165, 1.54) is 0 Å². The van der Waals surface area contributed by atoms with E-state index >= 15 is 0 Å². The summed E-state index contributed by atoms with van der Waals surface area (Å²) in [5.74, 6) is 0.104. The van der Waals surface area contributed by atoms with Crippen molar-refractivity contribution in [1.82, 2.24) is 9.97 Å². The van der Waals surface area contributed by atoms with Gasteiger partial charge >= 0.3 is 0 Å². The van der Waals surface area contributed by atoms with Crippen molar-refractivity contribution >= 4 is 43.5 Å². The van der Waals surface area contributed by atoms with Gasteiger partial charge in [0.05, 0.1) is 11.0 Å². The molecule has 5 heteroatoms. The van der Waals surface area contributed by atoms with Crippen LogP contribution >= 0.6 is 15.9 Å². The summed E-state index contributed by atoms with van der Waals surface area (Å²) in [5, 5.41) is 2.28. The molecule has 0 atom stereocenters. The molecule has 0 unspecified atom stereocenters. The molecule has 0 aliphatic heterocycles. The first-order valence-electron chi connectivity index (χ1n) is 7.50. The number of aromatic nitrogens is 2. The zero-order chi connectivity index (χ0) is 16.9. The Kier molecular flexibility index (Phi) is 7.82. The van der Waals surface area contributed by atoms with E-state index in [2.05, 4.69) is 44.1 Å². The van der Waals surface area contributed by atoms with Crippen molar-refractivity contribution in [2.75, 3.05) is 0 Å². The van der Waals surface area contributed by atoms with Gasteiger partial charge in [0, 0.05) is 82.6 Å². The predicted octanol–water partition coefficient (Wildman–Crippen LogP) is 5.43. The Balaban J connectivity index is 0.000000184. The number of nitrogens with zero attached hydrogens (tertiary/aromatic N) is 2. The third-order valence-corrected chi connectivity index (χ3v) is 4.13. The van der Waals surface area contributed by atoms with Crippen LogP contribution in [0.3, 0.4) is 0 Å². The third kappa shape index (κ3) is 5.24. The fraction of sp³-hybridized carbons (Fsp3) is 0.0500. The van der Waals surface area contributed by atoms with Gasteiger partial charge in [-0.2, -0.15) is 0 Å². The number of benzene rings is 2. The van der Waals surface area contributed by atoms with Crippen LogP contribution in [0.25, 0.3) is 21.8 Å². The summed E-state index contributed by atoms with van der Waals surface area (Å²) in [7, 11) is 0. The maximum absolute atomic E-state index is 10.7. The molecule has 4 aromatic rings. The molecule has 0 aliphatic rings. The second kappa shape index (κ2) is 9.63. The van der Waals surface area contributed by atoms with Gasteiger partial charge in [0.2, 0.25) is 0 Å². The molecule has 2 aromatic carbocycles. The summed E-state index contributed by atoms with van der Waals surface area (Å²) in [6.07, 6.45) is 3.62. The summed E-state index contributed by atoms with van der Waals surface area (Å²) in [4.78, 5) is 19.4. The molecule has 125 valence electrons. The SMILES string of the molecule is CC(=O)c1ccc(Br)cc1.[Eu].c1cnc2c(c1)ccc1ncccc12. The predicted molar refractivity (Wildman–Crippen MR) is 101 cm³/mol. The number of hydrogen-bond acceptors (Lipinski definition) is 3. The smallest absolute Gasteiger partial charge is 0.159 e. The molecular formula is C20H15BrEuN2O. The minimum Gasteiger partial charge on any atom is -0.295 e. The number of carbonyl (C=O) groups excluding carboxylic acids is 1. The van der Waals surface area contributed by atoms with Crippen LogP contribution in [0.1, 0.15) is 17.3 Å². The van der Waals surface area contributed by atoms with Crippen LogP contribution < -0.4 is 0 Å². The summed E-state index contributed by atoms with van der Waals surface area (Å²) in [5.41, 5.74) is 2.78. The van der Waals surface area contributed by atoms with Gasteiger partial charge in [-0.15, -0.1) is 0 Å². The van der Waals surface area contributed by atoms with Crippen molar-refractivity contribution < 1.29 is 54.2 Å². The van der Waals surface area contributed by atoms with Crippen LogP contribution in [0.15, 0.2) is 77.5 Å². The molecular weight excluding hydrogens is 516 g/mol. The molecule has 0 aliphatic carbocycles. The van der Waals surface area contributed by atoms with Gasteiger partial charge in [0.15, 0.2) is 5.78 Å². The maximum atomic E-state index is 10.7. The van der Waals surface area contributed by atoms with E-state index in [1.807, 2.05) is 36.5 Å². The second-order valence-corrected chi connectivity index (χ2v) is 6.19. The van der Waals surface area contributed by atoms with Crippen molar-refractivity contribution in [2.24, 2.45) is 0 Å². The Labute approximate surface area is 195 Å². The molecule has 0 bridgehead atoms. The molecule has 25 heavy (non-hydrogen) atoms. The minimum absolute atomic E-state index is 0. The molecule has 2 heterocycles. The number of ketones is 1. The number of fused-ring (bicyclic) bond motifs is 3. The molecule has 0 spiro atoms. The Hall–Kier alpha value is -1.01. The normalized spacial score (nSPS) is 9.84. The van der Waals surface area contributed by atoms with Crippen LogP contribution in [0.5, 0.6) is 0 Å². The van der Waals surface area contributed by atoms with Crippen molar-refractivity contribution in [1.29, 1.82) is 0 Å². The fourth-order valence-corrected chi connectivity index (χ4v) is 2.65. The summed E-state index contributed by atoms with van der Waals surface area (Å²) >= 11 is 3.28. The zero-order valence-electron chi connectivity index (χ0n) is 13.5. The van der Waals surface area contributed by atoms with Crippen LogP contribution in [-0.2, 0) is 0 Å². The van der Waals surface area contributed by atoms with Gasteiger partial charge < -0.3 is 0 Å². The van der Waals surface area contributed by atoms with Crippen LogP contribution in [0, 0.1) is 49.4 Å². The molecule has 3 nitrogen and oxygen atoms in total. The van der Waals surface area contributed by atoms with Gasteiger partial charge in [0.1, 0.15) is 0 Å². The molecule has 0 saturated carbocycles. The first kappa shape index (κ1) is 20.3. The van der Waals surface area contributed by atoms with Gasteiger partial charge in [0.25, 0.3) is 0 Å². The van der Waals surface area contributed by atoms with Crippen LogP contribution in [0.4, 0.5) is 0 Å². The average molecular weight is 531 g/mol. The van der Waals surface area contributed by atoms with E-state index in [0.29, 0.717) is 0 Å². The van der Waals surface area contributed by atoms with Gasteiger partial charge in [-0.3, -0.25) is 14.8 Å². The van der Waals surface area contributed by atoms with Crippen LogP contribution in [0.2, 0.25) is 0 Å². The topological polar surface area (TPSA) is 42.9 Å². The van der Waals surface area contributed by atoms with E-state index in [9.17, 15) is 4.79 Å². The Morgan fingerprint density at radius 3 is 2.28 bits per heavy atom. The first-order chi connectivity index (χ1) is 11.6. The van der Waals surface area contributed by atoms with Crippen LogP contribution in [-0.4, -0.2) is 15.8 Å². The van der Waals surface area contributed by atoms with Gasteiger partial charge in [-0.05, 0) is 43.3 Å². The zero-order valence-corrected chi connectivity index (χ0v) is 17.5. The second-order valence-electron chi connectivity index (χ2n) is 5.27. The number of pyridine rings is 2.